The summed E-state index contributed by atoms with van der Waals surface area (Å²) < 4.78 is 0.610. The van der Waals surface area contributed by atoms with E-state index in [1.54, 1.807) is 0 Å². The molecule has 4 heteroatoms. The second-order valence-electron chi connectivity index (χ2n) is 3.35. The second kappa shape index (κ2) is 7.44. The zero-order valence-corrected chi connectivity index (χ0v) is 15.3. The number of halogens is 3. The zero-order chi connectivity index (χ0) is 8.72. The molecule has 0 saturated heterocycles. The molecule has 1 aliphatic carbocycles. The Hall–Kier alpha value is 1.11. The van der Waals surface area contributed by atoms with Crippen molar-refractivity contribution in [2.45, 2.75) is 18.1 Å². The van der Waals surface area contributed by atoms with Gasteiger partial charge in [-0.1, -0.05) is 0 Å². The normalized spacial score (nSPS) is 15.7. The zero-order valence-electron chi connectivity index (χ0n) is 8.61. The standard InChI is InChI=1S/C11H11.3BrH.Ti/c1-8-6-7-10-4-3-5-11(10)9(8)2;;;;/h3-7H,1-2H3;3*1H;. The van der Waals surface area contributed by atoms with Crippen molar-refractivity contribution in [3.63, 3.8) is 0 Å². The van der Waals surface area contributed by atoms with Gasteiger partial charge in [-0.2, -0.15) is 0 Å². The van der Waals surface area contributed by atoms with E-state index in [4.69, 9.17) is 0 Å². The first-order chi connectivity index (χ1) is 5.70. The van der Waals surface area contributed by atoms with Crippen molar-refractivity contribution in [2.24, 2.45) is 0 Å². The summed E-state index contributed by atoms with van der Waals surface area (Å²) in [5.74, 6) is 0. The van der Waals surface area contributed by atoms with Gasteiger partial charge in [0, 0.05) is 0 Å². The summed E-state index contributed by atoms with van der Waals surface area (Å²) >= 11 is 2.25. The van der Waals surface area contributed by atoms with E-state index in [2.05, 4.69) is 58.6 Å². The minimum atomic E-state index is 0. The van der Waals surface area contributed by atoms with Gasteiger partial charge in [-0.05, 0) is 0 Å². The Bertz CT molecular complexity index is 361. The van der Waals surface area contributed by atoms with Crippen molar-refractivity contribution < 1.29 is 20.4 Å². The molecule has 0 nitrogen and oxygen atoms in total. The number of benzene rings is 1. The molecule has 0 N–H and O–H groups in total. The van der Waals surface area contributed by atoms with Crippen molar-refractivity contribution in [1.82, 2.24) is 0 Å². The van der Waals surface area contributed by atoms with E-state index in [0.717, 1.165) is 0 Å². The molecular formula is C11H14Br3Ti. The van der Waals surface area contributed by atoms with Crippen LogP contribution in [-0.2, 0) is 20.4 Å². The molecule has 0 amide bonds. The molecule has 0 radical (unpaired) electrons. The van der Waals surface area contributed by atoms with Crippen molar-refractivity contribution >= 4 is 57.0 Å². The molecule has 1 aromatic carbocycles. The van der Waals surface area contributed by atoms with E-state index in [0.29, 0.717) is 4.22 Å². The first-order valence-electron chi connectivity index (χ1n) is 4.19. The molecule has 1 aromatic rings. The Morgan fingerprint density at radius 3 is 2.27 bits per heavy atom. The fourth-order valence-corrected chi connectivity index (χ4v) is 2.19. The number of aryl methyl sites for hydroxylation is 1. The number of hydrogen-bond acceptors (Lipinski definition) is 0. The Kier molecular flexibility index (Phi) is 9.17. The number of allylic oxidation sites excluding steroid dienone is 1. The topological polar surface area (TPSA) is 0 Å². The van der Waals surface area contributed by atoms with Gasteiger partial charge in [-0.25, -0.2) is 0 Å². The molecule has 83 valence electrons. The molecule has 1 unspecified atom stereocenters. The summed E-state index contributed by atoms with van der Waals surface area (Å²) in [7, 11) is 0. The SMILES string of the molecule is Br.Br.Br.Cc1ccc2c(c1C)C=C[CH]2[Ti]. The molecular weight excluding hydrogens is 420 g/mol. The van der Waals surface area contributed by atoms with Gasteiger partial charge < -0.3 is 0 Å². The Morgan fingerprint density at radius 2 is 1.67 bits per heavy atom. The molecule has 0 aliphatic heterocycles. The van der Waals surface area contributed by atoms with Crippen LogP contribution in [0.1, 0.15) is 26.5 Å². The number of hydrogen-bond donors (Lipinski definition) is 0. The van der Waals surface area contributed by atoms with Gasteiger partial charge in [0.2, 0.25) is 0 Å². The summed E-state index contributed by atoms with van der Waals surface area (Å²) in [6, 6.07) is 4.47. The van der Waals surface area contributed by atoms with Gasteiger partial charge in [-0.3, -0.25) is 0 Å². The molecule has 1 atom stereocenters. The molecule has 0 saturated carbocycles. The molecule has 15 heavy (non-hydrogen) atoms. The first kappa shape index (κ1) is 18.5. The van der Waals surface area contributed by atoms with Crippen molar-refractivity contribution in [3.8, 4) is 0 Å². The molecule has 0 fully saturated rings. The maximum atomic E-state index is 2.27. The third-order valence-electron chi connectivity index (χ3n) is 2.61. The summed E-state index contributed by atoms with van der Waals surface area (Å²) in [6.07, 6.45) is 4.53. The van der Waals surface area contributed by atoms with Gasteiger partial charge in [0.25, 0.3) is 0 Å². The summed E-state index contributed by atoms with van der Waals surface area (Å²) in [4.78, 5) is 0. The van der Waals surface area contributed by atoms with Crippen LogP contribution in [0.25, 0.3) is 6.08 Å². The van der Waals surface area contributed by atoms with Gasteiger partial charge in [0.05, 0.1) is 0 Å². The van der Waals surface area contributed by atoms with Gasteiger partial charge in [0.15, 0.2) is 0 Å². The minimum absolute atomic E-state index is 0. The van der Waals surface area contributed by atoms with Crippen LogP contribution in [0.3, 0.4) is 0 Å². The van der Waals surface area contributed by atoms with Gasteiger partial charge >= 0.3 is 85.0 Å². The Labute approximate surface area is 135 Å². The van der Waals surface area contributed by atoms with Crippen LogP contribution in [0.5, 0.6) is 0 Å². The fraction of sp³-hybridized carbons (Fsp3) is 0.273. The first-order valence-corrected chi connectivity index (χ1v) is 5.09. The van der Waals surface area contributed by atoms with Gasteiger partial charge in [0.1, 0.15) is 0 Å². The Balaban J connectivity index is 0. The summed E-state index contributed by atoms with van der Waals surface area (Å²) in [5, 5.41) is 0. The summed E-state index contributed by atoms with van der Waals surface area (Å²) in [6.45, 7) is 4.38. The van der Waals surface area contributed by atoms with Crippen LogP contribution in [0, 0.1) is 13.8 Å². The number of rotatable bonds is 0. The number of fused-ring (bicyclic) bond motifs is 1. The monoisotopic (exact) mass is 431 g/mol. The molecule has 2 rings (SSSR count). The molecule has 0 heterocycles. The maximum absolute atomic E-state index is 2.27. The van der Waals surface area contributed by atoms with E-state index in [-0.39, 0.29) is 50.9 Å². The molecule has 0 bridgehead atoms. The van der Waals surface area contributed by atoms with E-state index in [1.165, 1.54) is 22.3 Å². The van der Waals surface area contributed by atoms with E-state index < -0.39 is 0 Å². The Morgan fingerprint density at radius 1 is 1.07 bits per heavy atom. The fourth-order valence-electron chi connectivity index (χ4n) is 1.65. The molecule has 0 aromatic heterocycles. The van der Waals surface area contributed by atoms with Crippen LogP contribution in [-0.4, -0.2) is 0 Å². The molecule has 1 aliphatic rings. The predicted molar refractivity (Wildman–Crippen MR) is 78.7 cm³/mol. The third-order valence-corrected chi connectivity index (χ3v) is 3.40. The quantitative estimate of drug-likeness (QED) is 0.522. The van der Waals surface area contributed by atoms with Crippen LogP contribution >= 0.6 is 50.9 Å². The van der Waals surface area contributed by atoms with E-state index in [9.17, 15) is 0 Å². The average Bonchev–Trinajstić information content (AvgIpc) is 2.41. The van der Waals surface area contributed by atoms with Crippen LogP contribution < -0.4 is 0 Å². The van der Waals surface area contributed by atoms with E-state index >= 15 is 0 Å². The molecule has 0 spiro atoms. The van der Waals surface area contributed by atoms with Crippen molar-refractivity contribution in [1.29, 1.82) is 0 Å². The third kappa shape index (κ3) is 3.54. The summed E-state index contributed by atoms with van der Waals surface area (Å²) in [5.41, 5.74) is 5.76. The van der Waals surface area contributed by atoms with Gasteiger partial charge in [-0.15, -0.1) is 50.9 Å². The van der Waals surface area contributed by atoms with E-state index in [1.807, 2.05) is 0 Å². The van der Waals surface area contributed by atoms with Crippen molar-refractivity contribution in [3.05, 3.63) is 40.5 Å². The average molecular weight is 434 g/mol. The predicted octanol–water partition coefficient (Wildman–Crippen LogP) is 4.65. The van der Waals surface area contributed by atoms with Crippen LogP contribution in [0.15, 0.2) is 18.2 Å². The van der Waals surface area contributed by atoms with Crippen LogP contribution in [0.2, 0.25) is 0 Å². The second-order valence-corrected chi connectivity index (χ2v) is 4.32. The van der Waals surface area contributed by atoms with Crippen LogP contribution in [0.4, 0.5) is 0 Å². The van der Waals surface area contributed by atoms with Crippen molar-refractivity contribution in [2.75, 3.05) is 0 Å².